The van der Waals surface area contributed by atoms with Crippen molar-refractivity contribution in [2.75, 3.05) is 20.8 Å². The number of aliphatic hydroxyl groups excluding tert-OH is 1. The largest absolute Gasteiger partial charge is 0.497 e. The van der Waals surface area contributed by atoms with Crippen LogP contribution in [-0.2, 0) is 27.4 Å². The molecule has 194 valence electrons. The second-order valence-electron chi connectivity index (χ2n) is 9.93. The quantitative estimate of drug-likeness (QED) is 0.375. The van der Waals surface area contributed by atoms with E-state index in [4.69, 9.17) is 23.7 Å². The summed E-state index contributed by atoms with van der Waals surface area (Å²) < 4.78 is 29.1. The van der Waals surface area contributed by atoms with E-state index in [0.717, 1.165) is 41.9 Å². The molecule has 3 rings (SSSR count). The van der Waals surface area contributed by atoms with Gasteiger partial charge in [-0.1, -0.05) is 45.0 Å². The van der Waals surface area contributed by atoms with Crippen molar-refractivity contribution < 1.29 is 28.8 Å². The van der Waals surface area contributed by atoms with Gasteiger partial charge in [0, 0.05) is 18.4 Å². The van der Waals surface area contributed by atoms with Gasteiger partial charge in [-0.3, -0.25) is 0 Å². The SMILES string of the molecule is CC[C@H](C[C@@H]1C[C@H](O)C(C)(C)[C@H](CCOCc2ccc(OC)cc2)O1)OCc1ccc(OC)cc1. The van der Waals surface area contributed by atoms with Crippen LogP contribution in [0.5, 0.6) is 11.5 Å². The van der Waals surface area contributed by atoms with Gasteiger partial charge in [0.1, 0.15) is 11.5 Å². The summed E-state index contributed by atoms with van der Waals surface area (Å²) in [7, 11) is 3.33. The highest BCUT2D eigenvalue weighted by atomic mass is 16.5. The summed E-state index contributed by atoms with van der Waals surface area (Å²) in [5.41, 5.74) is 1.89. The van der Waals surface area contributed by atoms with Crippen LogP contribution in [-0.4, -0.2) is 50.3 Å². The summed E-state index contributed by atoms with van der Waals surface area (Å²) >= 11 is 0. The van der Waals surface area contributed by atoms with Gasteiger partial charge in [-0.2, -0.15) is 0 Å². The lowest BCUT2D eigenvalue weighted by atomic mass is 9.74. The van der Waals surface area contributed by atoms with Gasteiger partial charge in [0.05, 0.1) is 51.8 Å². The molecule has 2 aromatic carbocycles. The number of aliphatic hydroxyl groups is 1. The summed E-state index contributed by atoms with van der Waals surface area (Å²) in [6.45, 7) is 7.96. The first-order valence-electron chi connectivity index (χ1n) is 12.6. The molecule has 1 aliphatic heterocycles. The van der Waals surface area contributed by atoms with Crippen LogP contribution in [0.25, 0.3) is 0 Å². The van der Waals surface area contributed by atoms with Crippen molar-refractivity contribution in [1.29, 1.82) is 0 Å². The lowest BCUT2D eigenvalue weighted by Gasteiger charge is -2.46. The Morgan fingerprint density at radius 2 is 1.51 bits per heavy atom. The number of hydrogen-bond donors (Lipinski definition) is 1. The van der Waals surface area contributed by atoms with E-state index in [9.17, 15) is 5.11 Å². The number of hydrogen-bond acceptors (Lipinski definition) is 6. The molecule has 0 spiro atoms. The highest BCUT2D eigenvalue weighted by Gasteiger charge is 2.44. The standard InChI is InChI=1S/C29H42O6/c1-6-23(34-20-22-9-13-25(32-5)14-10-22)17-26-18-27(30)29(2,3)28(35-26)15-16-33-19-21-7-11-24(31-4)12-8-21/h7-14,23,26-28,30H,6,15-20H2,1-5H3/t23-,26-,27+,28+/m1/s1. The Labute approximate surface area is 210 Å². The molecule has 0 saturated carbocycles. The van der Waals surface area contributed by atoms with Gasteiger partial charge in [-0.05, 0) is 54.7 Å². The van der Waals surface area contributed by atoms with Gasteiger partial charge < -0.3 is 28.8 Å². The average Bonchev–Trinajstić information content (AvgIpc) is 2.87. The molecule has 1 heterocycles. The summed E-state index contributed by atoms with van der Waals surface area (Å²) in [4.78, 5) is 0. The zero-order chi connectivity index (χ0) is 25.3. The highest BCUT2D eigenvalue weighted by molar-refractivity contribution is 5.27. The number of rotatable bonds is 13. The molecule has 0 aliphatic carbocycles. The van der Waals surface area contributed by atoms with Gasteiger partial charge in [0.25, 0.3) is 0 Å². The minimum atomic E-state index is -0.424. The Kier molecular flexibility index (Phi) is 10.4. The number of methoxy groups -OCH3 is 2. The average molecular weight is 487 g/mol. The lowest BCUT2D eigenvalue weighted by Crippen LogP contribution is -2.51. The van der Waals surface area contributed by atoms with Crippen LogP contribution in [0.15, 0.2) is 48.5 Å². The van der Waals surface area contributed by atoms with Crippen molar-refractivity contribution in [1.82, 2.24) is 0 Å². The molecule has 1 N–H and O–H groups in total. The van der Waals surface area contributed by atoms with Gasteiger partial charge in [-0.25, -0.2) is 0 Å². The number of benzene rings is 2. The van der Waals surface area contributed by atoms with E-state index in [1.807, 2.05) is 48.5 Å². The highest BCUT2D eigenvalue weighted by Crippen LogP contribution is 2.39. The van der Waals surface area contributed by atoms with Crippen molar-refractivity contribution in [3.05, 3.63) is 59.7 Å². The van der Waals surface area contributed by atoms with Crippen molar-refractivity contribution in [3.8, 4) is 11.5 Å². The predicted octanol–water partition coefficient (Wildman–Crippen LogP) is 5.54. The fourth-order valence-corrected chi connectivity index (χ4v) is 4.51. The van der Waals surface area contributed by atoms with E-state index < -0.39 is 6.10 Å². The van der Waals surface area contributed by atoms with Crippen LogP contribution in [0.3, 0.4) is 0 Å². The van der Waals surface area contributed by atoms with E-state index in [1.54, 1.807) is 14.2 Å². The second-order valence-corrected chi connectivity index (χ2v) is 9.93. The Hall–Kier alpha value is -2.12. The van der Waals surface area contributed by atoms with Crippen LogP contribution in [0.4, 0.5) is 0 Å². The Bertz CT molecular complexity index is 864. The fourth-order valence-electron chi connectivity index (χ4n) is 4.51. The third-order valence-electron chi connectivity index (χ3n) is 7.11. The van der Waals surface area contributed by atoms with E-state index in [2.05, 4.69) is 20.8 Å². The van der Waals surface area contributed by atoms with Crippen LogP contribution in [0.2, 0.25) is 0 Å². The maximum absolute atomic E-state index is 10.9. The molecule has 2 aromatic rings. The molecular formula is C29H42O6. The third kappa shape index (κ3) is 7.94. The lowest BCUT2D eigenvalue weighted by molar-refractivity contribution is -0.188. The van der Waals surface area contributed by atoms with E-state index in [1.165, 1.54) is 0 Å². The first-order valence-corrected chi connectivity index (χ1v) is 12.6. The van der Waals surface area contributed by atoms with Crippen LogP contribution in [0.1, 0.15) is 57.6 Å². The molecule has 1 saturated heterocycles. The summed E-state index contributed by atoms with van der Waals surface area (Å²) in [5, 5.41) is 10.9. The first kappa shape index (κ1) is 27.5. The second kappa shape index (κ2) is 13.3. The zero-order valence-corrected chi connectivity index (χ0v) is 21.9. The smallest absolute Gasteiger partial charge is 0.118 e. The predicted molar refractivity (Wildman–Crippen MR) is 137 cm³/mol. The minimum absolute atomic E-state index is 0.0366. The van der Waals surface area contributed by atoms with E-state index >= 15 is 0 Å². The molecule has 0 unspecified atom stereocenters. The first-order chi connectivity index (χ1) is 16.8. The normalized spacial score (nSPS) is 22.5. The Morgan fingerprint density at radius 3 is 2.06 bits per heavy atom. The van der Waals surface area contributed by atoms with Crippen LogP contribution in [0, 0.1) is 5.41 Å². The number of ether oxygens (including phenoxy) is 5. The van der Waals surface area contributed by atoms with Gasteiger partial charge >= 0.3 is 0 Å². The van der Waals surface area contributed by atoms with Gasteiger partial charge in [0.15, 0.2) is 0 Å². The molecule has 6 heteroatoms. The molecular weight excluding hydrogens is 444 g/mol. The summed E-state index contributed by atoms with van der Waals surface area (Å²) in [6, 6.07) is 15.8. The van der Waals surface area contributed by atoms with E-state index in [0.29, 0.717) is 26.2 Å². The van der Waals surface area contributed by atoms with Crippen molar-refractivity contribution in [2.24, 2.45) is 5.41 Å². The molecule has 35 heavy (non-hydrogen) atoms. The zero-order valence-electron chi connectivity index (χ0n) is 21.9. The van der Waals surface area contributed by atoms with Gasteiger partial charge in [-0.15, -0.1) is 0 Å². The van der Waals surface area contributed by atoms with Gasteiger partial charge in [0.2, 0.25) is 0 Å². The molecule has 0 radical (unpaired) electrons. The van der Waals surface area contributed by atoms with Crippen molar-refractivity contribution in [3.63, 3.8) is 0 Å². The molecule has 0 amide bonds. The summed E-state index contributed by atoms with van der Waals surface area (Å²) in [5.74, 6) is 1.68. The van der Waals surface area contributed by atoms with Crippen molar-refractivity contribution in [2.45, 2.75) is 84.1 Å². The molecule has 1 fully saturated rings. The monoisotopic (exact) mass is 486 g/mol. The summed E-state index contributed by atoms with van der Waals surface area (Å²) in [6.07, 6.45) is 2.55. The minimum Gasteiger partial charge on any atom is -0.497 e. The van der Waals surface area contributed by atoms with Crippen LogP contribution >= 0.6 is 0 Å². The molecule has 0 bridgehead atoms. The van der Waals surface area contributed by atoms with E-state index in [-0.39, 0.29) is 23.7 Å². The Balaban J connectivity index is 1.48. The molecule has 1 aliphatic rings. The molecule has 0 aromatic heterocycles. The topological polar surface area (TPSA) is 66.4 Å². The maximum Gasteiger partial charge on any atom is 0.118 e. The van der Waals surface area contributed by atoms with Crippen molar-refractivity contribution >= 4 is 0 Å². The maximum atomic E-state index is 10.9. The molecule has 4 atom stereocenters. The molecule has 6 nitrogen and oxygen atoms in total. The Morgan fingerprint density at radius 1 is 0.943 bits per heavy atom. The third-order valence-corrected chi connectivity index (χ3v) is 7.11. The fraction of sp³-hybridized carbons (Fsp3) is 0.586. The van der Waals surface area contributed by atoms with Crippen LogP contribution < -0.4 is 9.47 Å².